The summed E-state index contributed by atoms with van der Waals surface area (Å²) in [5, 5.41) is 4.44. The first-order valence-electron chi connectivity index (χ1n) is 8.90. The minimum absolute atomic E-state index is 0.0135. The molecule has 0 aliphatic carbocycles. The van der Waals surface area contributed by atoms with Gasteiger partial charge in [-0.1, -0.05) is 0 Å². The molecule has 9 heteroatoms. The molecule has 1 amide bonds. The summed E-state index contributed by atoms with van der Waals surface area (Å²) in [5.41, 5.74) is 0.215. The van der Waals surface area contributed by atoms with E-state index in [1.807, 2.05) is 6.07 Å². The SMILES string of the molecule is Cn1ncc2c(=O)n(CC(=O)N(Cc3ccco3)CC3CCCO3)cnc21. The van der Waals surface area contributed by atoms with Crippen LogP contribution in [0.2, 0.25) is 0 Å². The third kappa shape index (κ3) is 3.63. The predicted molar refractivity (Wildman–Crippen MR) is 95.9 cm³/mol. The maximum Gasteiger partial charge on any atom is 0.264 e. The average molecular weight is 371 g/mol. The third-order valence-electron chi connectivity index (χ3n) is 4.75. The van der Waals surface area contributed by atoms with Crippen LogP contribution in [0, 0.1) is 0 Å². The topological polar surface area (TPSA) is 95.4 Å². The van der Waals surface area contributed by atoms with Crippen LogP contribution in [0.3, 0.4) is 0 Å². The van der Waals surface area contributed by atoms with E-state index in [1.54, 1.807) is 24.3 Å². The lowest BCUT2D eigenvalue weighted by molar-refractivity contribution is -0.134. The van der Waals surface area contributed by atoms with Gasteiger partial charge in [0.2, 0.25) is 5.91 Å². The molecule has 1 atom stereocenters. The van der Waals surface area contributed by atoms with Gasteiger partial charge < -0.3 is 14.1 Å². The Balaban J connectivity index is 1.55. The lowest BCUT2D eigenvalue weighted by Crippen LogP contribution is -2.40. The number of ether oxygens (including phenoxy) is 1. The normalized spacial score (nSPS) is 16.9. The van der Waals surface area contributed by atoms with E-state index >= 15 is 0 Å². The van der Waals surface area contributed by atoms with Gasteiger partial charge in [-0.05, 0) is 25.0 Å². The second kappa shape index (κ2) is 7.36. The monoisotopic (exact) mass is 371 g/mol. The van der Waals surface area contributed by atoms with Gasteiger partial charge >= 0.3 is 0 Å². The van der Waals surface area contributed by atoms with Crippen molar-refractivity contribution < 1.29 is 13.9 Å². The number of aromatic nitrogens is 4. The minimum Gasteiger partial charge on any atom is -0.467 e. The molecule has 0 bridgehead atoms. The van der Waals surface area contributed by atoms with E-state index in [4.69, 9.17) is 9.15 Å². The number of amides is 1. The van der Waals surface area contributed by atoms with E-state index in [-0.39, 0.29) is 24.1 Å². The van der Waals surface area contributed by atoms with Gasteiger partial charge in [-0.25, -0.2) is 4.98 Å². The Bertz CT molecular complexity index is 985. The van der Waals surface area contributed by atoms with Crippen LogP contribution in [0.25, 0.3) is 11.0 Å². The summed E-state index contributed by atoms with van der Waals surface area (Å²) in [4.78, 5) is 31.5. The van der Waals surface area contributed by atoms with Crippen LogP contribution in [-0.2, 0) is 29.7 Å². The Kier molecular flexibility index (Phi) is 4.76. The van der Waals surface area contributed by atoms with Crippen LogP contribution in [0.15, 0.2) is 40.1 Å². The zero-order valence-electron chi connectivity index (χ0n) is 15.1. The fraction of sp³-hybridized carbons (Fsp3) is 0.444. The Morgan fingerprint density at radius 1 is 1.44 bits per heavy atom. The molecular formula is C18H21N5O4. The Morgan fingerprint density at radius 2 is 2.33 bits per heavy atom. The molecule has 4 rings (SSSR count). The molecular weight excluding hydrogens is 350 g/mol. The lowest BCUT2D eigenvalue weighted by atomic mass is 10.2. The van der Waals surface area contributed by atoms with Crippen LogP contribution in [-0.4, -0.2) is 49.4 Å². The van der Waals surface area contributed by atoms with Gasteiger partial charge in [-0.2, -0.15) is 5.10 Å². The number of aryl methyl sites for hydroxylation is 1. The molecule has 4 heterocycles. The van der Waals surface area contributed by atoms with Crippen molar-refractivity contribution in [2.45, 2.75) is 32.0 Å². The van der Waals surface area contributed by atoms with Gasteiger partial charge in [0.05, 0.1) is 25.1 Å². The predicted octanol–water partition coefficient (Wildman–Crippen LogP) is 0.931. The number of hydrogen-bond acceptors (Lipinski definition) is 6. The van der Waals surface area contributed by atoms with Crippen molar-refractivity contribution in [1.29, 1.82) is 0 Å². The second-order valence-corrected chi connectivity index (χ2v) is 6.67. The van der Waals surface area contributed by atoms with Gasteiger partial charge in [0.15, 0.2) is 5.65 Å². The first-order valence-corrected chi connectivity index (χ1v) is 8.90. The number of carbonyl (C=O) groups is 1. The van der Waals surface area contributed by atoms with E-state index < -0.39 is 0 Å². The number of nitrogens with zero attached hydrogens (tertiary/aromatic N) is 5. The minimum atomic E-state index is -0.281. The highest BCUT2D eigenvalue weighted by atomic mass is 16.5. The molecule has 142 valence electrons. The molecule has 1 aliphatic heterocycles. The van der Waals surface area contributed by atoms with Gasteiger partial charge in [0.25, 0.3) is 5.56 Å². The van der Waals surface area contributed by atoms with Gasteiger partial charge in [-0.15, -0.1) is 0 Å². The smallest absolute Gasteiger partial charge is 0.264 e. The fourth-order valence-corrected chi connectivity index (χ4v) is 3.30. The highest BCUT2D eigenvalue weighted by Crippen LogP contribution is 2.16. The largest absolute Gasteiger partial charge is 0.467 e. The fourth-order valence-electron chi connectivity index (χ4n) is 3.30. The standard InChI is InChI=1S/C18H21N5O4/c1-21-17-15(8-20-21)18(25)23(12-19-17)11-16(24)22(9-13-4-2-6-26-13)10-14-5-3-7-27-14/h2,4,6,8,12,14H,3,5,7,9-11H2,1H3. The number of fused-ring (bicyclic) bond motifs is 1. The van der Waals surface area contributed by atoms with Crippen molar-refractivity contribution in [3.8, 4) is 0 Å². The van der Waals surface area contributed by atoms with Crippen LogP contribution in [0.4, 0.5) is 0 Å². The number of carbonyl (C=O) groups excluding carboxylic acids is 1. The van der Waals surface area contributed by atoms with Crippen molar-refractivity contribution in [3.63, 3.8) is 0 Å². The first kappa shape index (κ1) is 17.5. The summed E-state index contributed by atoms with van der Waals surface area (Å²) >= 11 is 0. The molecule has 1 fully saturated rings. The first-order chi connectivity index (χ1) is 13.1. The van der Waals surface area contributed by atoms with Crippen LogP contribution in [0.1, 0.15) is 18.6 Å². The van der Waals surface area contributed by atoms with E-state index in [0.717, 1.165) is 12.8 Å². The molecule has 1 unspecified atom stereocenters. The maximum atomic E-state index is 12.9. The van der Waals surface area contributed by atoms with E-state index in [9.17, 15) is 9.59 Å². The molecule has 0 N–H and O–H groups in total. The van der Waals surface area contributed by atoms with Crippen molar-refractivity contribution in [2.24, 2.45) is 7.05 Å². The third-order valence-corrected chi connectivity index (χ3v) is 4.75. The highest BCUT2D eigenvalue weighted by Gasteiger charge is 2.24. The van der Waals surface area contributed by atoms with Crippen molar-refractivity contribution in [3.05, 3.63) is 47.0 Å². The highest BCUT2D eigenvalue weighted by molar-refractivity contribution is 5.77. The molecule has 1 aliphatic rings. The zero-order valence-corrected chi connectivity index (χ0v) is 15.1. The molecule has 1 saturated heterocycles. The molecule has 27 heavy (non-hydrogen) atoms. The number of hydrogen-bond donors (Lipinski definition) is 0. The molecule has 0 saturated carbocycles. The van der Waals surface area contributed by atoms with Crippen molar-refractivity contribution in [1.82, 2.24) is 24.2 Å². The van der Waals surface area contributed by atoms with Gasteiger partial charge in [0, 0.05) is 20.2 Å². The van der Waals surface area contributed by atoms with E-state index in [0.29, 0.717) is 36.5 Å². The Morgan fingerprint density at radius 3 is 3.07 bits per heavy atom. The Hall–Kier alpha value is -2.94. The van der Waals surface area contributed by atoms with Crippen LogP contribution in [0.5, 0.6) is 0 Å². The molecule has 0 aromatic carbocycles. The zero-order chi connectivity index (χ0) is 18.8. The maximum absolute atomic E-state index is 12.9. The summed E-state index contributed by atoms with van der Waals surface area (Å²) in [5.74, 6) is 0.503. The van der Waals surface area contributed by atoms with Gasteiger partial charge in [0.1, 0.15) is 24.0 Å². The Labute approximate surface area is 155 Å². The average Bonchev–Trinajstić information content (AvgIpc) is 3.40. The van der Waals surface area contributed by atoms with Crippen LogP contribution >= 0.6 is 0 Å². The van der Waals surface area contributed by atoms with E-state index in [1.165, 1.54) is 21.8 Å². The molecule has 9 nitrogen and oxygen atoms in total. The summed E-state index contributed by atoms with van der Waals surface area (Å²) in [7, 11) is 1.72. The van der Waals surface area contributed by atoms with E-state index in [2.05, 4.69) is 10.1 Å². The molecule has 0 radical (unpaired) electrons. The molecule has 3 aromatic heterocycles. The van der Waals surface area contributed by atoms with Crippen LogP contribution < -0.4 is 5.56 Å². The van der Waals surface area contributed by atoms with Crippen molar-refractivity contribution in [2.75, 3.05) is 13.2 Å². The second-order valence-electron chi connectivity index (χ2n) is 6.67. The molecule has 0 spiro atoms. The summed E-state index contributed by atoms with van der Waals surface area (Å²) < 4.78 is 13.9. The van der Waals surface area contributed by atoms with Crippen molar-refractivity contribution >= 4 is 16.9 Å². The summed E-state index contributed by atoms with van der Waals surface area (Å²) in [6.07, 6.45) is 6.37. The number of furan rings is 1. The number of rotatable bonds is 6. The summed E-state index contributed by atoms with van der Waals surface area (Å²) in [6.45, 7) is 1.43. The lowest BCUT2D eigenvalue weighted by Gasteiger charge is -2.25. The summed E-state index contributed by atoms with van der Waals surface area (Å²) in [6, 6.07) is 3.61. The van der Waals surface area contributed by atoms with Gasteiger partial charge in [-0.3, -0.25) is 18.8 Å². The molecule has 3 aromatic rings. The quantitative estimate of drug-likeness (QED) is 0.640.